The number of nitrogens with zero attached hydrogens (tertiary/aromatic N) is 1. The number of aromatic nitrogens is 1. The van der Waals surface area contributed by atoms with Crippen molar-refractivity contribution in [3.63, 3.8) is 0 Å². The van der Waals surface area contributed by atoms with Crippen molar-refractivity contribution in [3.05, 3.63) is 47.1 Å². The maximum Gasteiger partial charge on any atom is 0.155 e. The predicted octanol–water partition coefficient (Wildman–Crippen LogP) is 3.42. The lowest BCUT2D eigenvalue weighted by molar-refractivity contribution is 0.468. The summed E-state index contributed by atoms with van der Waals surface area (Å²) in [5.74, 6) is 0.0522. The summed E-state index contributed by atoms with van der Waals surface area (Å²) in [7, 11) is 0. The molecule has 0 saturated carbocycles. The highest BCUT2D eigenvalue weighted by Crippen LogP contribution is 2.29. The zero-order valence-electron chi connectivity index (χ0n) is 8.24. The molecule has 2 nitrogen and oxygen atoms in total. The molecule has 0 radical (unpaired) electrons. The average molecular weight is 220 g/mol. The van der Waals surface area contributed by atoms with Gasteiger partial charge < -0.3 is 5.11 Å². The quantitative estimate of drug-likeness (QED) is 0.797. The maximum absolute atomic E-state index is 9.48. The van der Waals surface area contributed by atoms with E-state index in [0.29, 0.717) is 10.7 Å². The van der Waals surface area contributed by atoms with Crippen molar-refractivity contribution < 1.29 is 5.11 Å². The molecule has 0 aliphatic heterocycles. The smallest absolute Gasteiger partial charge is 0.155 e. The predicted molar refractivity (Wildman–Crippen MR) is 61.1 cm³/mol. The van der Waals surface area contributed by atoms with Gasteiger partial charge >= 0.3 is 0 Å². The summed E-state index contributed by atoms with van der Waals surface area (Å²) in [6.07, 6.45) is 0. The van der Waals surface area contributed by atoms with E-state index >= 15 is 0 Å². The molecule has 0 bridgehead atoms. The molecular weight excluding hydrogens is 210 g/mol. The molecule has 1 aromatic heterocycles. The Kier molecular flexibility index (Phi) is 2.60. The normalized spacial score (nSPS) is 10.3. The van der Waals surface area contributed by atoms with Crippen LogP contribution in [0, 0.1) is 6.92 Å². The number of rotatable bonds is 1. The zero-order valence-corrected chi connectivity index (χ0v) is 8.99. The Morgan fingerprint density at radius 2 is 1.87 bits per heavy atom. The molecule has 0 aliphatic carbocycles. The first kappa shape index (κ1) is 9.99. The number of aryl methyl sites for hydroxylation is 1. The van der Waals surface area contributed by atoms with E-state index in [0.717, 1.165) is 11.3 Å². The van der Waals surface area contributed by atoms with Gasteiger partial charge in [0.05, 0.1) is 16.4 Å². The van der Waals surface area contributed by atoms with Gasteiger partial charge in [-0.2, -0.15) is 0 Å². The lowest BCUT2D eigenvalue weighted by atomic mass is 10.1. The second kappa shape index (κ2) is 3.91. The number of hydrogen-bond donors (Lipinski definition) is 1. The number of benzene rings is 1. The topological polar surface area (TPSA) is 33.1 Å². The molecule has 0 atom stereocenters. The number of aromatic hydroxyl groups is 1. The van der Waals surface area contributed by atoms with Gasteiger partial charge in [-0.25, -0.2) is 4.98 Å². The fourth-order valence-electron chi connectivity index (χ4n) is 1.38. The van der Waals surface area contributed by atoms with Crippen LogP contribution in [0.2, 0.25) is 5.02 Å². The van der Waals surface area contributed by atoms with Gasteiger partial charge in [-0.05, 0) is 13.0 Å². The molecule has 0 amide bonds. The van der Waals surface area contributed by atoms with E-state index in [4.69, 9.17) is 11.6 Å². The molecule has 1 aromatic carbocycles. The maximum atomic E-state index is 9.48. The standard InChI is InChI=1S/C12H10ClNO/c1-8-12(15)10(13)7-11(14-8)9-5-3-2-4-6-9/h2-7,15H,1H3. The molecule has 0 spiro atoms. The van der Waals surface area contributed by atoms with Gasteiger partial charge in [-0.15, -0.1) is 0 Å². The van der Waals surface area contributed by atoms with Gasteiger partial charge in [0.25, 0.3) is 0 Å². The first-order valence-electron chi connectivity index (χ1n) is 4.60. The van der Waals surface area contributed by atoms with Crippen LogP contribution < -0.4 is 0 Å². The zero-order chi connectivity index (χ0) is 10.8. The van der Waals surface area contributed by atoms with E-state index in [2.05, 4.69) is 4.98 Å². The Labute approximate surface area is 93.2 Å². The minimum Gasteiger partial charge on any atom is -0.505 e. The van der Waals surface area contributed by atoms with E-state index in [1.165, 1.54) is 0 Å². The number of halogens is 1. The molecule has 0 saturated heterocycles. The van der Waals surface area contributed by atoms with Gasteiger partial charge in [0.1, 0.15) is 0 Å². The van der Waals surface area contributed by atoms with Gasteiger partial charge in [-0.3, -0.25) is 0 Å². The highest BCUT2D eigenvalue weighted by molar-refractivity contribution is 6.32. The Morgan fingerprint density at radius 3 is 2.47 bits per heavy atom. The SMILES string of the molecule is Cc1nc(-c2ccccc2)cc(Cl)c1O. The Balaban J connectivity index is 2.56. The molecule has 3 heteroatoms. The molecule has 0 aliphatic rings. The largest absolute Gasteiger partial charge is 0.505 e. The molecule has 76 valence electrons. The highest BCUT2D eigenvalue weighted by atomic mass is 35.5. The first-order valence-corrected chi connectivity index (χ1v) is 4.98. The van der Waals surface area contributed by atoms with Crippen LogP contribution in [-0.2, 0) is 0 Å². The number of hydrogen-bond acceptors (Lipinski definition) is 2. The molecule has 1 heterocycles. The fourth-order valence-corrected chi connectivity index (χ4v) is 1.62. The number of pyridine rings is 1. The van der Waals surface area contributed by atoms with Crippen LogP contribution in [0.3, 0.4) is 0 Å². The van der Waals surface area contributed by atoms with E-state index in [1.807, 2.05) is 30.3 Å². The van der Waals surface area contributed by atoms with Crippen LogP contribution in [0.5, 0.6) is 5.75 Å². The van der Waals surface area contributed by atoms with Crippen LogP contribution in [0.15, 0.2) is 36.4 Å². The van der Waals surface area contributed by atoms with Crippen molar-refractivity contribution in [1.82, 2.24) is 4.98 Å². The van der Waals surface area contributed by atoms with E-state index < -0.39 is 0 Å². The van der Waals surface area contributed by atoms with Crippen LogP contribution >= 0.6 is 11.6 Å². The van der Waals surface area contributed by atoms with Crippen LogP contribution in [0.25, 0.3) is 11.3 Å². The Morgan fingerprint density at radius 1 is 1.20 bits per heavy atom. The van der Waals surface area contributed by atoms with Crippen LogP contribution in [-0.4, -0.2) is 10.1 Å². The summed E-state index contributed by atoms with van der Waals surface area (Å²) in [5.41, 5.74) is 2.31. The van der Waals surface area contributed by atoms with E-state index in [1.54, 1.807) is 13.0 Å². The second-order valence-electron chi connectivity index (χ2n) is 3.29. The summed E-state index contributed by atoms with van der Waals surface area (Å²) < 4.78 is 0. The van der Waals surface area contributed by atoms with Crippen molar-refractivity contribution >= 4 is 11.6 Å². The molecule has 2 aromatic rings. The van der Waals surface area contributed by atoms with Crippen molar-refractivity contribution in [2.75, 3.05) is 0 Å². The average Bonchev–Trinajstić information content (AvgIpc) is 2.26. The monoisotopic (exact) mass is 219 g/mol. The van der Waals surface area contributed by atoms with E-state index in [9.17, 15) is 5.11 Å². The lowest BCUT2D eigenvalue weighted by Gasteiger charge is -2.05. The van der Waals surface area contributed by atoms with Crippen molar-refractivity contribution in [1.29, 1.82) is 0 Å². The van der Waals surface area contributed by atoms with Crippen molar-refractivity contribution in [2.45, 2.75) is 6.92 Å². The Hall–Kier alpha value is -1.54. The molecule has 0 unspecified atom stereocenters. The lowest BCUT2D eigenvalue weighted by Crippen LogP contribution is -1.88. The third-order valence-electron chi connectivity index (χ3n) is 2.19. The van der Waals surface area contributed by atoms with Crippen molar-refractivity contribution in [2.24, 2.45) is 0 Å². The molecule has 15 heavy (non-hydrogen) atoms. The van der Waals surface area contributed by atoms with Gasteiger partial charge in [0.2, 0.25) is 0 Å². The third kappa shape index (κ3) is 1.95. The molecular formula is C12H10ClNO. The van der Waals surface area contributed by atoms with Gasteiger partial charge in [-0.1, -0.05) is 41.9 Å². The van der Waals surface area contributed by atoms with Crippen LogP contribution in [0.4, 0.5) is 0 Å². The summed E-state index contributed by atoms with van der Waals surface area (Å²) in [5, 5.41) is 9.82. The van der Waals surface area contributed by atoms with Gasteiger partial charge in [0.15, 0.2) is 5.75 Å². The summed E-state index contributed by atoms with van der Waals surface area (Å²) in [6.45, 7) is 1.73. The summed E-state index contributed by atoms with van der Waals surface area (Å²) in [4.78, 5) is 4.27. The third-order valence-corrected chi connectivity index (χ3v) is 2.48. The van der Waals surface area contributed by atoms with E-state index in [-0.39, 0.29) is 5.75 Å². The molecule has 0 fully saturated rings. The van der Waals surface area contributed by atoms with Gasteiger partial charge in [0, 0.05) is 5.56 Å². The molecule has 2 rings (SSSR count). The molecule has 1 N–H and O–H groups in total. The minimum absolute atomic E-state index is 0.0522. The minimum atomic E-state index is 0.0522. The second-order valence-corrected chi connectivity index (χ2v) is 3.70. The van der Waals surface area contributed by atoms with Crippen molar-refractivity contribution in [3.8, 4) is 17.0 Å². The highest BCUT2D eigenvalue weighted by Gasteiger charge is 2.07. The summed E-state index contributed by atoms with van der Waals surface area (Å²) >= 11 is 5.88. The summed E-state index contributed by atoms with van der Waals surface area (Å²) in [6, 6.07) is 11.4. The first-order chi connectivity index (χ1) is 7.18. The Bertz CT molecular complexity index is 459. The fraction of sp³-hybridized carbons (Fsp3) is 0.0833. The van der Waals surface area contributed by atoms with Crippen LogP contribution in [0.1, 0.15) is 5.69 Å².